The summed E-state index contributed by atoms with van der Waals surface area (Å²) in [7, 11) is 0. The van der Waals surface area contributed by atoms with Crippen LogP contribution in [-0.2, 0) is 0 Å². The van der Waals surface area contributed by atoms with Gasteiger partial charge in [0.2, 0.25) is 0 Å². The predicted molar refractivity (Wildman–Crippen MR) is 114 cm³/mol. The van der Waals surface area contributed by atoms with Crippen molar-refractivity contribution in [3.05, 3.63) is 29.1 Å². The van der Waals surface area contributed by atoms with Gasteiger partial charge >= 0.3 is 0 Å². The summed E-state index contributed by atoms with van der Waals surface area (Å²) in [6.07, 6.45) is 11.1. The van der Waals surface area contributed by atoms with Crippen LogP contribution in [0.25, 0.3) is 0 Å². The van der Waals surface area contributed by atoms with Crippen LogP contribution in [0.5, 0.6) is 5.75 Å². The Morgan fingerprint density at radius 2 is 1.93 bits per heavy atom. The third-order valence-electron chi connectivity index (χ3n) is 9.17. The summed E-state index contributed by atoms with van der Waals surface area (Å²) >= 11 is 0. The van der Waals surface area contributed by atoms with E-state index in [9.17, 15) is 4.79 Å². The molecule has 5 aliphatic carbocycles. The number of amides is 1. The van der Waals surface area contributed by atoms with E-state index in [1.807, 2.05) is 11.0 Å². The molecule has 5 saturated carbocycles. The number of nitrogens with zero attached hydrogens (tertiary/aromatic N) is 1. The van der Waals surface area contributed by atoms with E-state index in [0.29, 0.717) is 23.0 Å². The number of hydrogen-bond donors (Lipinski definition) is 0. The summed E-state index contributed by atoms with van der Waals surface area (Å²) in [5.41, 5.74) is 1.66. The fraction of sp³-hybridized carbons (Fsp3) is 0.731. The Labute approximate surface area is 179 Å². The smallest absolute Gasteiger partial charge is 0.256 e. The molecule has 0 N–H and O–H groups in total. The van der Waals surface area contributed by atoms with Gasteiger partial charge in [-0.1, -0.05) is 13.3 Å². The molecule has 0 radical (unpaired) electrons. The molecule has 3 nitrogen and oxygen atoms in total. The lowest BCUT2D eigenvalue weighted by Crippen LogP contribution is -2.31. The van der Waals surface area contributed by atoms with Crippen molar-refractivity contribution in [3.63, 3.8) is 0 Å². The van der Waals surface area contributed by atoms with Crippen LogP contribution < -0.4 is 4.74 Å². The van der Waals surface area contributed by atoms with Gasteiger partial charge in [-0.05, 0) is 92.6 Å². The number of halogens is 1. The van der Waals surface area contributed by atoms with Crippen molar-refractivity contribution in [1.82, 2.24) is 4.90 Å². The molecule has 6 fully saturated rings. The Morgan fingerprint density at radius 1 is 1.17 bits per heavy atom. The highest BCUT2D eigenvalue weighted by Crippen LogP contribution is 2.65. The van der Waals surface area contributed by atoms with Gasteiger partial charge in [0.25, 0.3) is 5.91 Å². The molecule has 0 spiro atoms. The standard InChI is InChI=1S/C26H34FNO2/c1-2-16-5-6-28(14-16)25(29)22-10-21(19-3-4-19)24(11-23(22)27)30-15-26-12-17-7-18(13-26)9-20(26)8-17/h10-11,16-20H,2-9,12-15H2,1H3/t16-,17?,18?,20?,26?/m1/s1. The van der Waals surface area contributed by atoms with Crippen molar-refractivity contribution in [3.8, 4) is 5.75 Å². The number of benzene rings is 1. The molecular weight excluding hydrogens is 377 g/mol. The first-order valence-corrected chi connectivity index (χ1v) is 12.3. The van der Waals surface area contributed by atoms with Crippen LogP contribution in [0.2, 0.25) is 0 Å². The minimum atomic E-state index is -0.408. The molecule has 30 heavy (non-hydrogen) atoms. The van der Waals surface area contributed by atoms with Gasteiger partial charge in [0.1, 0.15) is 11.6 Å². The maximum absolute atomic E-state index is 15.1. The van der Waals surface area contributed by atoms with Gasteiger partial charge in [-0.3, -0.25) is 4.79 Å². The average molecular weight is 412 g/mol. The second-order valence-electron chi connectivity index (χ2n) is 11.2. The zero-order chi connectivity index (χ0) is 20.5. The highest BCUT2D eigenvalue weighted by atomic mass is 19.1. The van der Waals surface area contributed by atoms with E-state index >= 15 is 4.39 Å². The SMILES string of the molecule is CC[C@@H]1CCN(C(=O)c2cc(C3CC3)c(OCC34CC5CC(CC3C5)C4)cc2F)C1. The third-order valence-corrected chi connectivity index (χ3v) is 9.17. The minimum Gasteiger partial charge on any atom is -0.493 e. The minimum absolute atomic E-state index is 0.137. The van der Waals surface area contributed by atoms with Crippen molar-refractivity contribution in [2.24, 2.45) is 29.1 Å². The lowest BCUT2D eigenvalue weighted by molar-refractivity contribution is 0.0781. The zero-order valence-electron chi connectivity index (χ0n) is 18.2. The summed E-state index contributed by atoms with van der Waals surface area (Å²) in [5.74, 6) is 3.77. The predicted octanol–water partition coefficient (Wildman–Crippen LogP) is 5.78. The fourth-order valence-electron chi connectivity index (χ4n) is 7.52. The summed E-state index contributed by atoms with van der Waals surface area (Å²) in [6.45, 7) is 4.41. The molecule has 1 aromatic carbocycles. The van der Waals surface area contributed by atoms with E-state index in [0.717, 1.165) is 68.7 Å². The monoisotopic (exact) mass is 411 g/mol. The fourth-order valence-corrected chi connectivity index (χ4v) is 7.52. The first-order chi connectivity index (χ1) is 14.5. The first-order valence-electron chi connectivity index (χ1n) is 12.3. The molecule has 3 atom stereocenters. The molecule has 1 aliphatic heterocycles. The van der Waals surface area contributed by atoms with Crippen molar-refractivity contribution in [2.75, 3.05) is 19.7 Å². The third kappa shape index (κ3) is 3.08. The second kappa shape index (κ2) is 6.97. The van der Waals surface area contributed by atoms with E-state index in [2.05, 4.69) is 6.92 Å². The van der Waals surface area contributed by atoms with Crippen LogP contribution in [0.4, 0.5) is 4.39 Å². The van der Waals surface area contributed by atoms with Crippen LogP contribution in [-0.4, -0.2) is 30.5 Å². The second-order valence-corrected chi connectivity index (χ2v) is 11.2. The topological polar surface area (TPSA) is 29.5 Å². The zero-order valence-corrected chi connectivity index (χ0v) is 18.2. The number of rotatable bonds is 6. The number of carbonyl (C=O) groups excluding carboxylic acids is 1. The molecule has 1 aromatic rings. The van der Waals surface area contributed by atoms with Crippen LogP contribution in [0.1, 0.15) is 86.6 Å². The van der Waals surface area contributed by atoms with Crippen LogP contribution in [0.3, 0.4) is 0 Å². The van der Waals surface area contributed by atoms with Crippen LogP contribution >= 0.6 is 0 Å². The molecule has 1 saturated heterocycles. The molecule has 0 aromatic heterocycles. The van der Waals surface area contributed by atoms with E-state index in [4.69, 9.17) is 4.74 Å². The van der Waals surface area contributed by atoms with Crippen molar-refractivity contribution in [1.29, 1.82) is 0 Å². The van der Waals surface area contributed by atoms with Crippen molar-refractivity contribution in [2.45, 2.75) is 70.6 Å². The van der Waals surface area contributed by atoms with Crippen molar-refractivity contribution >= 4 is 5.91 Å². The van der Waals surface area contributed by atoms with Gasteiger partial charge in [-0.2, -0.15) is 0 Å². The highest BCUT2D eigenvalue weighted by Gasteiger charge is 2.58. The first kappa shape index (κ1) is 19.1. The summed E-state index contributed by atoms with van der Waals surface area (Å²) in [5, 5.41) is 0. The molecular formula is C26H34FNO2. The molecule has 6 aliphatic rings. The van der Waals surface area contributed by atoms with Gasteiger partial charge in [-0.25, -0.2) is 4.39 Å². The van der Waals surface area contributed by atoms with Crippen LogP contribution in [0.15, 0.2) is 12.1 Å². The Morgan fingerprint density at radius 3 is 2.60 bits per heavy atom. The molecule has 4 bridgehead atoms. The Kier molecular flexibility index (Phi) is 4.44. The Balaban J connectivity index is 1.23. The van der Waals surface area contributed by atoms with E-state index in [1.165, 1.54) is 38.2 Å². The van der Waals surface area contributed by atoms with Crippen LogP contribution in [0, 0.1) is 34.9 Å². The van der Waals surface area contributed by atoms with Gasteiger partial charge in [0.15, 0.2) is 0 Å². The number of hydrogen-bond acceptors (Lipinski definition) is 2. The van der Waals surface area contributed by atoms with Gasteiger partial charge < -0.3 is 9.64 Å². The molecule has 162 valence electrons. The average Bonchev–Trinajstić information content (AvgIpc) is 3.34. The van der Waals surface area contributed by atoms with E-state index in [-0.39, 0.29) is 11.5 Å². The molecule has 2 unspecified atom stereocenters. The maximum Gasteiger partial charge on any atom is 0.256 e. The van der Waals surface area contributed by atoms with Gasteiger partial charge in [0, 0.05) is 24.6 Å². The maximum atomic E-state index is 15.1. The molecule has 1 amide bonds. The summed E-state index contributed by atoms with van der Waals surface area (Å²) in [6, 6.07) is 3.37. The van der Waals surface area contributed by atoms with E-state index in [1.54, 1.807) is 0 Å². The number of ether oxygens (including phenoxy) is 1. The Bertz CT molecular complexity index is 849. The van der Waals surface area contributed by atoms with Gasteiger partial charge in [-0.15, -0.1) is 0 Å². The molecule has 1 heterocycles. The molecule has 4 heteroatoms. The quantitative estimate of drug-likeness (QED) is 0.594. The number of likely N-dealkylation sites (tertiary alicyclic amines) is 1. The lowest BCUT2D eigenvalue weighted by Gasteiger charge is -2.33. The highest BCUT2D eigenvalue weighted by molar-refractivity contribution is 5.95. The largest absolute Gasteiger partial charge is 0.493 e. The lowest BCUT2D eigenvalue weighted by atomic mass is 9.76. The summed E-state index contributed by atoms with van der Waals surface area (Å²) in [4.78, 5) is 14.9. The molecule has 7 rings (SSSR count). The van der Waals surface area contributed by atoms with E-state index < -0.39 is 5.82 Å². The Hall–Kier alpha value is -1.58. The normalized spacial score (nSPS) is 36.7. The van der Waals surface area contributed by atoms with Gasteiger partial charge in [0.05, 0.1) is 12.2 Å². The number of carbonyl (C=O) groups is 1. The van der Waals surface area contributed by atoms with Crippen molar-refractivity contribution < 1.29 is 13.9 Å². The summed E-state index contributed by atoms with van der Waals surface area (Å²) < 4.78 is 21.5.